The Morgan fingerprint density at radius 3 is 2.50 bits per heavy atom. The van der Waals surface area contributed by atoms with Gasteiger partial charge in [0.2, 0.25) is 5.91 Å². The molecule has 0 radical (unpaired) electrons. The average Bonchev–Trinajstić information content (AvgIpc) is 2.41. The van der Waals surface area contributed by atoms with E-state index in [-0.39, 0.29) is 25.1 Å². The van der Waals surface area contributed by atoms with Crippen LogP contribution in [0, 0.1) is 0 Å². The minimum absolute atomic E-state index is 0.103. The van der Waals surface area contributed by atoms with E-state index in [0.29, 0.717) is 5.82 Å². The third-order valence-electron chi connectivity index (χ3n) is 1.26. The van der Waals surface area contributed by atoms with Crippen molar-refractivity contribution in [2.24, 2.45) is 0 Å². The van der Waals surface area contributed by atoms with E-state index in [1.807, 2.05) is 27.7 Å². The maximum Gasteiger partial charge on any atom is 0.318 e. The number of carbonyl (C=O) groups excluding carboxylic acids is 1. The second-order valence-electron chi connectivity index (χ2n) is 2.48. The van der Waals surface area contributed by atoms with Crippen LogP contribution in [-0.4, -0.2) is 34.2 Å². The predicted molar refractivity (Wildman–Crippen MR) is 71.6 cm³/mol. The van der Waals surface area contributed by atoms with Gasteiger partial charge in [0.05, 0.1) is 6.61 Å². The monoisotopic (exact) mass is 257 g/mol. The van der Waals surface area contributed by atoms with E-state index in [4.69, 9.17) is 9.84 Å². The number of aliphatic hydroxyl groups excluding tert-OH is 1. The van der Waals surface area contributed by atoms with Gasteiger partial charge >= 0.3 is 6.01 Å². The molecule has 0 aliphatic rings. The van der Waals surface area contributed by atoms with Gasteiger partial charge in [-0.05, 0) is 6.07 Å². The number of aliphatic hydroxyl groups is 1. The summed E-state index contributed by atoms with van der Waals surface area (Å²) in [6.07, 6.45) is 1.46. The number of hydrogen-bond acceptors (Lipinski definition) is 5. The van der Waals surface area contributed by atoms with Gasteiger partial charge in [-0.25, -0.2) is 4.98 Å². The lowest BCUT2D eigenvalue weighted by Gasteiger charge is -2.04. The fraction of sp³-hybridized carbons (Fsp3) is 0.583. The molecule has 0 unspecified atom stereocenters. The molecule has 104 valence electrons. The fourth-order valence-corrected chi connectivity index (χ4v) is 0.797. The van der Waals surface area contributed by atoms with Crippen LogP contribution >= 0.6 is 0 Å². The molecule has 1 aromatic rings. The second kappa shape index (κ2) is 13.4. The highest BCUT2D eigenvalue weighted by Crippen LogP contribution is 2.06. The van der Waals surface area contributed by atoms with E-state index in [2.05, 4.69) is 15.3 Å². The van der Waals surface area contributed by atoms with E-state index >= 15 is 0 Å². The highest BCUT2D eigenvalue weighted by atomic mass is 16.5. The van der Waals surface area contributed by atoms with Crippen molar-refractivity contribution in [1.29, 1.82) is 0 Å². The zero-order valence-corrected chi connectivity index (χ0v) is 11.7. The minimum atomic E-state index is -0.211. The highest BCUT2D eigenvalue weighted by molar-refractivity contribution is 5.87. The zero-order chi connectivity index (χ0) is 14.4. The van der Waals surface area contributed by atoms with E-state index in [1.54, 1.807) is 6.07 Å². The molecule has 6 nitrogen and oxygen atoms in total. The van der Waals surface area contributed by atoms with Gasteiger partial charge in [0, 0.05) is 13.1 Å². The van der Waals surface area contributed by atoms with Crippen LogP contribution in [-0.2, 0) is 4.79 Å². The van der Waals surface area contributed by atoms with Crippen molar-refractivity contribution in [1.82, 2.24) is 9.97 Å². The van der Waals surface area contributed by atoms with Crippen LogP contribution in [0.3, 0.4) is 0 Å². The molecular formula is C12H23N3O3. The molecule has 0 atom stereocenters. The molecule has 2 N–H and O–H groups in total. The van der Waals surface area contributed by atoms with Crippen LogP contribution in [0.2, 0.25) is 0 Å². The van der Waals surface area contributed by atoms with E-state index < -0.39 is 0 Å². The normalized spacial score (nSPS) is 8.11. The minimum Gasteiger partial charge on any atom is -0.461 e. The van der Waals surface area contributed by atoms with E-state index in [0.717, 1.165) is 0 Å². The Hall–Kier alpha value is -1.69. The van der Waals surface area contributed by atoms with Crippen molar-refractivity contribution in [3.8, 4) is 6.01 Å². The molecule has 1 heterocycles. The van der Waals surface area contributed by atoms with E-state index in [1.165, 1.54) is 13.1 Å². The van der Waals surface area contributed by atoms with E-state index in [9.17, 15) is 4.79 Å². The first-order valence-electron chi connectivity index (χ1n) is 6.06. The third kappa shape index (κ3) is 9.53. The summed E-state index contributed by atoms with van der Waals surface area (Å²) < 4.78 is 4.95. The van der Waals surface area contributed by atoms with Gasteiger partial charge < -0.3 is 15.2 Å². The van der Waals surface area contributed by atoms with Crippen LogP contribution in [0.4, 0.5) is 5.82 Å². The lowest BCUT2D eigenvalue weighted by atomic mass is 10.5. The Bertz CT molecular complexity index is 319. The number of carbonyl (C=O) groups is 1. The first kappa shape index (κ1) is 18.7. The fourth-order valence-electron chi connectivity index (χ4n) is 0.797. The molecule has 18 heavy (non-hydrogen) atoms. The number of ether oxygens (including phenoxy) is 1. The number of hydrogen-bond donors (Lipinski definition) is 2. The summed E-state index contributed by atoms with van der Waals surface area (Å²) in [5.74, 6) is 0.164. The van der Waals surface area contributed by atoms with Crippen molar-refractivity contribution in [2.45, 2.75) is 34.6 Å². The topological polar surface area (TPSA) is 84.3 Å². The molecule has 0 aliphatic carbocycles. The largest absolute Gasteiger partial charge is 0.461 e. The van der Waals surface area contributed by atoms with Gasteiger partial charge in [-0.3, -0.25) is 4.79 Å². The van der Waals surface area contributed by atoms with Gasteiger partial charge in [-0.2, -0.15) is 4.98 Å². The van der Waals surface area contributed by atoms with Gasteiger partial charge in [0.15, 0.2) is 0 Å². The van der Waals surface area contributed by atoms with Crippen molar-refractivity contribution >= 4 is 11.7 Å². The second-order valence-corrected chi connectivity index (χ2v) is 2.48. The number of amides is 1. The smallest absolute Gasteiger partial charge is 0.318 e. The molecule has 0 bridgehead atoms. The SMILES string of the molecule is CC.CC.CC(=O)Nc1ccnc(OCCO)n1. The summed E-state index contributed by atoms with van der Waals surface area (Å²) >= 11 is 0. The van der Waals surface area contributed by atoms with Crippen molar-refractivity contribution in [3.63, 3.8) is 0 Å². The molecule has 0 spiro atoms. The molecule has 1 aromatic heterocycles. The Morgan fingerprint density at radius 2 is 2.00 bits per heavy atom. The lowest BCUT2D eigenvalue weighted by Crippen LogP contribution is -2.09. The number of rotatable bonds is 4. The summed E-state index contributed by atoms with van der Waals surface area (Å²) in [5.41, 5.74) is 0. The summed E-state index contributed by atoms with van der Waals surface area (Å²) in [7, 11) is 0. The molecular weight excluding hydrogens is 234 g/mol. The molecule has 0 aromatic carbocycles. The van der Waals surface area contributed by atoms with Gasteiger partial charge in [0.1, 0.15) is 12.4 Å². The molecule has 1 amide bonds. The number of nitrogens with zero attached hydrogens (tertiary/aromatic N) is 2. The zero-order valence-electron chi connectivity index (χ0n) is 11.7. The van der Waals surface area contributed by atoms with Crippen LogP contribution in [0.5, 0.6) is 6.01 Å². The lowest BCUT2D eigenvalue weighted by molar-refractivity contribution is -0.114. The van der Waals surface area contributed by atoms with Crippen molar-refractivity contribution < 1.29 is 14.6 Å². The average molecular weight is 257 g/mol. The summed E-state index contributed by atoms with van der Waals surface area (Å²) in [6, 6.07) is 1.68. The number of aromatic nitrogens is 2. The molecule has 1 rings (SSSR count). The summed E-state index contributed by atoms with van der Waals surface area (Å²) in [4.78, 5) is 18.3. The van der Waals surface area contributed by atoms with Crippen LogP contribution in [0.25, 0.3) is 0 Å². The van der Waals surface area contributed by atoms with Crippen LogP contribution in [0.1, 0.15) is 34.6 Å². The molecule has 0 saturated carbocycles. The van der Waals surface area contributed by atoms with Crippen molar-refractivity contribution in [3.05, 3.63) is 12.3 Å². The Balaban J connectivity index is 0. The van der Waals surface area contributed by atoms with Gasteiger partial charge in [0.25, 0.3) is 0 Å². The van der Waals surface area contributed by atoms with Crippen LogP contribution < -0.4 is 10.1 Å². The molecule has 0 aliphatic heterocycles. The quantitative estimate of drug-likeness (QED) is 0.860. The number of nitrogens with one attached hydrogen (secondary N) is 1. The maximum absolute atomic E-state index is 10.7. The Morgan fingerprint density at radius 1 is 1.39 bits per heavy atom. The van der Waals surface area contributed by atoms with Crippen LogP contribution in [0.15, 0.2) is 12.3 Å². The molecule has 6 heteroatoms. The first-order valence-corrected chi connectivity index (χ1v) is 6.06. The summed E-state index contributed by atoms with van der Waals surface area (Å²) in [5, 5.41) is 11.0. The highest BCUT2D eigenvalue weighted by Gasteiger charge is 2.00. The van der Waals surface area contributed by atoms with Crippen molar-refractivity contribution in [2.75, 3.05) is 18.5 Å². The van der Waals surface area contributed by atoms with Gasteiger partial charge in [-0.1, -0.05) is 27.7 Å². The molecule has 0 fully saturated rings. The molecule has 0 saturated heterocycles. The first-order chi connectivity index (χ1) is 8.72. The maximum atomic E-state index is 10.7. The standard InChI is InChI=1S/C8H11N3O3.2C2H6/c1-6(13)10-7-2-3-9-8(11-7)14-5-4-12;2*1-2/h2-3,12H,4-5H2,1H3,(H,9,10,11,13);2*1-2H3. The Labute approximate surface area is 108 Å². The summed E-state index contributed by atoms with van der Waals surface area (Å²) in [6.45, 7) is 9.41. The predicted octanol–water partition coefficient (Wildman–Crippen LogP) is 1.86. The third-order valence-corrected chi connectivity index (χ3v) is 1.26. The number of anilines is 1. The Kier molecular flexibility index (Phi) is 13.9. The van der Waals surface area contributed by atoms with Gasteiger partial charge in [-0.15, -0.1) is 0 Å².